The van der Waals surface area contributed by atoms with Crippen LogP contribution in [0.4, 0.5) is 0 Å². The molecule has 1 amide bonds. The van der Waals surface area contributed by atoms with Crippen LogP contribution in [0.3, 0.4) is 0 Å². The van der Waals surface area contributed by atoms with Gasteiger partial charge in [-0.1, -0.05) is 24.3 Å². The summed E-state index contributed by atoms with van der Waals surface area (Å²) in [5.74, 6) is 0.806. The lowest BCUT2D eigenvalue weighted by molar-refractivity contribution is -0.122. The molecule has 0 aliphatic carbocycles. The zero-order valence-electron chi connectivity index (χ0n) is 16.3. The molecule has 3 aliphatic rings. The van der Waals surface area contributed by atoms with Crippen molar-refractivity contribution >= 4 is 5.91 Å². The third kappa shape index (κ3) is 3.96. The van der Waals surface area contributed by atoms with Crippen molar-refractivity contribution in [2.75, 3.05) is 13.1 Å². The highest BCUT2D eigenvalue weighted by molar-refractivity contribution is 5.76. The van der Waals surface area contributed by atoms with Crippen molar-refractivity contribution in [1.29, 1.82) is 0 Å². The topological polar surface area (TPSA) is 44.4 Å². The molecule has 142 valence electrons. The first-order valence-electron chi connectivity index (χ1n) is 10.3. The molecular weight excluding hydrogens is 322 g/mol. The average molecular weight is 356 g/mol. The van der Waals surface area contributed by atoms with E-state index >= 15 is 0 Å². The Hall–Kier alpha value is -1.39. The SMILES string of the molecule is CC(C)(CNC(=O)CC1CC2CCC(C1)N2)N1CCc2ccccc2C1. The van der Waals surface area contributed by atoms with Crippen molar-refractivity contribution in [2.45, 2.75) is 76.5 Å². The summed E-state index contributed by atoms with van der Waals surface area (Å²) in [6, 6.07) is 10.1. The van der Waals surface area contributed by atoms with E-state index in [-0.39, 0.29) is 11.4 Å². The van der Waals surface area contributed by atoms with Crippen LogP contribution in [0.1, 0.15) is 57.1 Å². The molecule has 0 spiro atoms. The number of amides is 1. The quantitative estimate of drug-likeness (QED) is 0.854. The first kappa shape index (κ1) is 18.0. The smallest absolute Gasteiger partial charge is 0.220 e. The Labute approximate surface area is 157 Å². The standard InChI is InChI=1S/C22H33N3O/c1-22(2,25-10-9-17-5-3-4-6-18(17)14-25)15-23-21(26)13-16-11-19-7-8-20(12-16)24-19/h3-6,16,19-20,24H,7-15H2,1-2H3,(H,23,26). The van der Waals surface area contributed by atoms with Gasteiger partial charge in [0.15, 0.2) is 0 Å². The molecule has 4 nitrogen and oxygen atoms in total. The van der Waals surface area contributed by atoms with Crippen molar-refractivity contribution in [3.05, 3.63) is 35.4 Å². The Morgan fingerprint density at radius 1 is 1.19 bits per heavy atom. The maximum Gasteiger partial charge on any atom is 0.220 e. The summed E-state index contributed by atoms with van der Waals surface area (Å²) in [6.07, 6.45) is 6.75. The summed E-state index contributed by atoms with van der Waals surface area (Å²) >= 11 is 0. The van der Waals surface area contributed by atoms with Crippen LogP contribution in [0.15, 0.2) is 24.3 Å². The summed E-state index contributed by atoms with van der Waals surface area (Å²) in [5, 5.41) is 6.90. The van der Waals surface area contributed by atoms with Crippen molar-refractivity contribution in [1.82, 2.24) is 15.5 Å². The van der Waals surface area contributed by atoms with Gasteiger partial charge in [0.1, 0.15) is 0 Å². The zero-order valence-corrected chi connectivity index (χ0v) is 16.3. The molecule has 0 aromatic heterocycles. The number of carbonyl (C=O) groups is 1. The molecule has 2 saturated heterocycles. The van der Waals surface area contributed by atoms with Crippen LogP contribution in [0, 0.1) is 5.92 Å². The summed E-state index contributed by atoms with van der Waals surface area (Å²) in [4.78, 5) is 15.0. The highest BCUT2D eigenvalue weighted by atomic mass is 16.1. The van der Waals surface area contributed by atoms with E-state index in [9.17, 15) is 4.79 Å². The number of hydrogen-bond acceptors (Lipinski definition) is 3. The minimum absolute atomic E-state index is 0.0175. The Bertz CT molecular complexity index is 645. The molecule has 2 unspecified atom stereocenters. The second-order valence-corrected chi connectivity index (χ2v) is 9.21. The highest BCUT2D eigenvalue weighted by Gasteiger charge is 2.35. The van der Waals surface area contributed by atoms with Gasteiger partial charge in [-0.25, -0.2) is 0 Å². The van der Waals surface area contributed by atoms with E-state index in [0.717, 1.165) is 26.1 Å². The summed E-state index contributed by atoms with van der Waals surface area (Å²) in [5.41, 5.74) is 2.89. The van der Waals surface area contributed by atoms with Gasteiger partial charge in [-0.15, -0.1) is 0 Å². The first-order valence-corrected chi connectivity index (χ1v) is 10.3. The number of benzene rings is 1. The molecule has 2 fully saturated rings. The van der Waals surface area contributed by atoms with Gasteiger partial charge in [0.05, 0.1) is 0 Å². The van der Waals surface area contributed by atoms with Crippen molar-refractivity contribution < 1.29 is 4.79 Å². The van der Waals surface area contributed by atoms with Gasteiger partial charge >= 0.3 is 0 Å². The van der Waals surface area contributed by atoms with Crippen LogP contribution in [-0.4, -0.2) is 41.5 Å². The molecule has 4 rings (SSSR count). The Balaban J connectivity index is 1.27. The number of carbonyl (C=O) groups excluding carboxylic acids is 1. The molecule has 1 aromatic carbocycles. The minimum atomic E-state index is -0.0175. The normalized spacial score (nSPS) is 28.6. The largest absolute Gasteiger partial charge is 0.354 e. The van der Waals surface area contributed by atoms with Crippen LogP contribution < -0.4 is 10.6 Å². The third-order valence-corrected chi connectivity index (χ3v) is 6.75. The lowest BCUT2D eigenvalue weighted by Crippen LogP contribution is -2.53. The molecule has 3 aliphatic heterocycles. The van der Waals surface area contributed by atoms with E-state index in [2.05, 4.69) is 53.6 Å². The number of hydrogen-bond donors (Lipinski definition) is 2. The zero-order chi connectivity index (χ0) is 18.1. The van der Waals surface area contributed by atoms with Crippen LogP contribution in [-0.2, 0) is 17.8 Å². The number of nitrogens with one attached hydrogen (secondary N) is 2. The molecule has 3 heterocycles. The van der Waals surface area contributed by atoms with E-state index in [1.807, 2.05) is 0 Å². The molecule has 26 heavy (non-hydrogen) atoms. The Morgan fingerprint density at radius 3 is 2.62 bits per heavy atom. The molecular formula is C22H33N3O. The van der Waals surface area contributed by atoms with Crippen LogP contribution in [0.2, 0.25) is 0 Å². The fourth-order valence-corrected chi connectivity index (χ4v) is 5.12. The van der Waals surface area contributed by atoms with Gasteiger partial charge in [-0.3, -0.25) is 9.69 Å². The van der Waals surface area contributed by atoms with Crippen LogP contribution >= 0.6 is 0 Å². The molecule has 0 saturated carbocycles. The number of rotatable bonds is 5. The minimum Gasteiger partial charge on any atom is -0.354 e. The Kier molecular flexibility index (Phi) is 5.07. The van der Waals surface area contributed by atoms with E-state index < -0.39 is 0 Å². The number of nitrogens with zero attached hydrogens (tertiary/aromatic N) is 1. The van der Waals surface area contributed by atoms with E-state index in [1.54, 1.807) is 0 Å². The van der Waals surface area contributed by atoms with Crippen molar-refractivity contribution in [3.63, 3.8) is 0 Å². The second-order valence-electron chi connectivity index (χ2n) is 9.21. The van der Waals surface area contributed by atoms with Gasteiger partial charge < -0.3 is 10.6 Å². The molecule has 4 heteroatoms. The average Bonchev–Trinajstić information content (AvgIpc) is 2.98. The third-order valence-electron chi connectivity index (χ3n) is 6.75. The predicted octanol–water partition coefficient (Wildman–Crippen LogP) is 2.86. The first-order chi connectivity index (χ1) is 12.5. The van der Waals surface area contributed by atoms with Crippen molar-refractivity contribution in [2.24, 2.45) is 5.92 Å². The van der Waals surface area contributed by atoms with Gasteiger partial charge in [0.25, 0.3) is 0 Å². The van der Waals surface area contributed by atoms with Crippen LogP contribution in [0.25, 0.3) is 0 Å². The maximum absolute atomic E-state index is 12.5. The predicted molar refractivity (Wildman–Crippen MR) is 105 cm³/mol. The Morgan fingerprint density at radius 2 is 1.88 bits per heavy atom. The molecule has 2 atom stereocenters. The fraction of sp³-hybridized carbons (Fsp3) is 0.682. The second kappa shape index (κ2) is 7.32. The lowest BCUT2D eigenvalue weighted by Gasteiger charge is -2.41. The molecule has 2 N–H and O–H groups in total. The van der Waals surface area contributed by atoms with Gasteiger partial charge in [-0.05, 0) is 63.0 Å². The number of piperidine rings is 1. The summed E-state index contributed by atoms with van der Waals surface area (Å²) < 4.78 is 0. The number of fused-ring (bicyclic) bond motifs is 3. The van der Waals surface area contributed by atoms with Crippen LogP contribution in [0.5, 0.6) is 0 Å². The van der Waals surface area contributed by atoms with Gasteiger partial charge in [0, 0.05) is 43.7 Å². The fourth-order valence-electron chi connectivity index (χ4n) is 5.12. The maximum atomic E-state index is 12.5. The van der Waals surface area contributed by atoms with E-state index in [0.29, 0.717) is 24.4 Å². The van der Waals surface area contributed by atoms with Gasteiger partial charge in [0.2, 0.25) is 5.91 Å². The summed E-state index contributed by atoms with van der Waals surface area (Å²) in [7, 11) is 0. The molecule has 0 radical (unpaired) electrons. The van der Waals surface area contributed by atoms with Crippen molar-refractivity contribution in [3.8, 4) is 0 Å². The summed E-state index contributed by atoms with van der Waals surface area (Å²) in [6.45, 7) is 7.29. The van der Waals surface area contributed by atoms with E-state index in [4.69, 9.17) is 0 Å². The van der Waals surface area contributed by atoms with E-state index in [1.165, 1.54) is 36.8 Å². The lowest BCUT2D eigenvalue weighted by atomic mass is 9.89. The van der Waals surface area contributed by atoms with Gasteiger partial charge in [-0.2, -0.15) is 0 Å². The monoisotopic (exact) mass is 355 g/mol. The highest BCUT2D eigenvalue weighted by Crippen LogP contribution is 2.32. The molecule has 2 bridgehead atoms. The molecule has 1 aromatic rings.